The molecule has 0 saturated carbocycles. The standard InChI is InChI=1S/C12H21NO6/c1-17-12(16)4-7-13(5-2-8-18-10-14)6-3-9-19-11-15/h10-11H,2-9H2,1H3. The number of methoxy groups -OCH3 is 1. The van der Waals surface area contributed by atoms with Gasteiger partial charge in [0, 0.05) is 19.6 Å². The molecule has 0 saturated heterocycles. The predicted octanol–water partition coefficient (Wildman–Crippen LogP) is -0.0223. The van der Waals surface area contributed by atoms with E-state index >= 15 is 0 Å². The molecule has 0 rings (SSSR count). The van der Waals surface area contributed by atoms with Crippen molar-refractivity contribution in [3.8, 4) is 0 Å². The van der Waals surface area contributed by atoms with Gasteiger partial charge in [0.25, 0.3) is 12.9 Å². The summed E-state index contributed by atoms with van der Waals surface area (Å²) in [4.78, 5) is 33.1. The van der Waals surface area contributed by atoms with Crippen LogP contribution in [0.5, 0.6) is 0 Å². The van der Waals surface area contributed by atoms with Gasteiger partial charge in [-0.05, 0) is 12.8 Å². The molecular formula is C12H21NO6. The van der Waals surface area contributed by atoms with Crippen LogP contribution in [0.1, 0.15) is 19.3 Å². The summed E-state index contributed by atoms with van der Waals surface area (Å²) in [5, 5.41) is 0. The van der Waals surface area contributed by atoms with Crippen LogP contribution in [-0.2, 0) is 28.6 Å². The van der Waals surface area contributed by atoms with Crippen molar-refractivity contribution < 1.29 is 28.6 Å². The van der Waals surface area contributed by atoms with E-state index in [0.29, 0.717) is 65.1 Å². The molecule has 0 bridgehead atoms. The maximum absolute atomic E-state index is 11.1. The summed E-state index contributed by atoms with van der Waals surface area (Å²) >= 11 is 0. The number of ether oxygens (including phenoxy) is 3. The summed E-state index contributed by atoms with van der Waals surface area (Å²) in [6, 6.07) is 0. The van der Waals surface area contributed by atoms with Crippen LogP contribution in [0.3, 0.4) is 0 Å². The molecular weight excluding hydrogens is 254 g/mol. The Morgan fingerprint density at radius 3 is 1.95 bits per heavy atom. The smallest absolute Gasteiger partial charge is 0.306 e. The van der Waals surface area contributed by atoms with Crippen molar-refractivity contribution >= 4 is 18.9 Å². The molecule has 0 radical (unpaired) electrons. The third-order valence-corrected chi connectivity index (χ3v) is 2.47. The second-order valence-corrected chi connectivity index (χ2v) is 3.81. The molecule has 0 N–H and O–H groups in total. The Morgan fingerprint density at radius 1 is 1.00 bits per heavy atom. The summed E-state index contributed by atoms with van der Waals surface area (Å²) in [5.41, 5.74) is 0. The second-order valence-electron chi connectivity index (χ2n) is 3.81. The number of rotatable bonds is 13. The summed E-state index contributed by atoms with van der Waals surface area (Å²) in [6.07, 6.45) is 1.68. The highest BCUT2D eigenvalue weighted by atomic mass is 16.5. The summed E-state index contributed by atoms with van der Waals surface area (Å²) < 4.78 is 13.8. The Labute approximate surface area is 112 Å². The van der Waals surface area contributed by atoms with Crippen molar-refractivity contribution in [2.45, 2.75) is 19.3 Å². The van der Waals surface area contributed by atoms with E-state index < -0.39 is 0 Å². The van der Waals surface area contributed by atoms with E-state index in [1.165, 1.54) is 7.11 Å². The maximum atomic E-state index is 11.1. The van der Waals surface area contributed by atoms with Crippen LogP contribution in [0.25, 0.3) is 0 Å². The van der Waals surface area contributed by atoms with E-state index in [9.17, 15) is 14.4 Å². The summed E-state index contributed by atoms with van der Waals surface area (Å²) in [7, 11) is 1.35. The molecule has 0 fully saturated rings. The fraction of sp³-hybridized carbons (Fsp3) is 0.750. The van der Waals surface area contributed by atoms with Crippen LogP contribution in [0.4, 0.5) is 0 Å². The monoisotopic (exact) mass is 275 g/mol. The molecule has 0 unspecified atom stereocenters. The number of nitrogens with zero attached hydrogens (tertiary/aromatic N) is 1. The number of hydrogen-bond donors (Lipinski definition) is 0. The van der Waals surface area contributed by atoms with Gasteiger partial charge in [0.05, 0.1) is 26.7 Å². The average Bonchev–Trinajstić information content (AvgIpc) is 2.44. The Morgan fingerprint density at radius 2 is 1.53 bits per heavy atom. The highest BCUT2D eigenvalue weighted by molar-refractivity contribution is 5.69. The SMILES string of the molecule is COC(=O)CCN(CCCOC=O)CCCOC=O. The van der Waals surface area contributed by atoms with Gasteiger partial charge in [-0.3, -0.25) is 14.4 Å². The van der Waals surface area contributed by atoms with Crippen LogP contribution < -0.4 is 0 Å². The molecule has 0 amide bonds. The Bertz CT molecular complexity index is 243. The molecule has 0 atom stereocenters. The number of carbonyl (C=O) groups excluding carboxylic acids is 3. The van der Waals surface area contributed by atoms with E-state index in [2.05, 4.69) is 14.2 Å². The minimum atomic E-state index is -0.265. The normalized spacial score (nSPS) is 10.0. The molecule has 0 heterocycles. The van der Waals surface area contributed by atoms with E-state index in [4.69, 9.17) is 0 Å². The van der Waals surface area contributed by atoms with E-state index in [1.807, 2.05) is 4.90 Å². The van der Waals surface area contributed by atoms with Gasteiger partial charge in [-0.25, -0.2) is 0 Å². The third kappa shape index (κ3) is 11.2. The molecule has 0 spiro atoms. The van der Waals surface area contributed by atoms with Crippen molar-refractivity contribution in [2.24, 2.45) is 0 Å². The molecule has 0 aromatic carbocycles. The molecule has 0 aliphatic heterocycles. The average molecular weight is 275 g/mol. The lowest BCUT2D eigenvalue weighted by Crippen LogP contribution is -2.30. The van der Waals surface area contributed by atoms with Gasteiger partial charge in [0.15, 0.2) is 0 Å². The van der Waals surface area contributed by atoms with Crippen LogP contribution in [0.15, 0.2) is 0 Å². The number of hydrogen-bond acceptors (Lipinski definition) is 7. The van der Waals surface area contributed by atoms with Crippen LogP contribution >= 0.6 is 0 Å². The second kappa shape index (κ2) is 12.8. The zero-order chi connectivity index (χ0) is 14.3. The first kappa shape index (κ1) is 17.4. The van der Waals surface area contributed by atoms with Crippen LogP contribution in [-0.4, -0.2) is 63.8 Å². The minimum absolute atomic E-state index is 0.265. The van der Waals surface area contributed by atoms with Crippen LogP contribution in [0, 0.1) is 0 Å². The van der Waals surface area contributed by atoms with Crippen molar-refractivity contribution in [1.82, 2.24) is 4.90 Å². The van der Waals surface area contributed by atoms with Crippen molar-refractivity contribution in [3.05, 3.63) is 0 Å². The maximum Gasteiger partial charge on any atom is 0.306 e. The molecule has 0 aromatic heterocycles. The fourth-order valence-electron chi connectivity index (χ4n) is 1.53. The lowest BCUT2D eigenvalue weighted by atomic mass is 10.3. The number of carbonyl (C=O) groups is 3. The largest absolute Gasteiger partial charge is 0.469 e. The van der Waals surface area contributed by atoms with E-state index in [0.717, 1.165) is 0 Å². The van der Waals surface area contributed by atoms with Gasteiger partial charge in [0.2, 0.25) is 0 Å². The first-order valence-corrected chi connectivity index (χ1v) is 6.14. The molecule has 7 heteroatoms. The zero-order valence-corrected chi connectivity index (χ0v) is 11.2. The molecule has 110 valence electrons. The lowest BCUT2D eigenvalue weighted by molar-refractivity contribution is -0.141. The van der Waals surface area contributed by atoms with Gasteiger partial charge in [-0.2, -0.15) is 0 Å². The Kier molecular flexibility index (Phi) is 11.7. The van der Waals surface area contributed by atoms with Crippen molar-refractivity contribution in [1.29, 1.82) is 0 Å². The quantitative estimate of drug-likeness (QED) is 0.202. The highest BCUT2D eigenvalue weighted by Crippen LogP contribution is 1.98. The third-order valence-electron chi connectivity index (χ3n) is 2.47. The van der Waals surface area contributed by atoms with Crippen molar-refractivity contribution in [3.63, 3.8) is 0 Å². The predicted molar refractivity (Wildman–Crippen MR) is 66.3 cm³/mol. The summed E-state index contributed by atoms with van der Waals surface area (Å²) in [5.74, 6) is -0.265. The summed E-state index contributed by atoms with van der Waals surface area (Å²) in [6.45, 7) is 3.49. The zero-order valence-electron chi connectivity index (χ0n) is 11.2. The number of esters is 1. The van der Waals surface area contributed by atoms with Crippen LogP contribution in [0.2, 0.25) is 0 Å². The Hall–Kier alpha value is -1.63. The van der Waals surface area contributed by atoms with Gasteiger partial charge in [0.1, 0.15) is 0 Å². The first-order chi connectivity index (χ1) is 9.24. The molecule has 0 aliphatic rings. The molecule has 19 heavy (non-hydrogen) atoms. The Balaban J connectivity index is 3.87. The lowest BCUT2D eigenvalue weighted by Gasteiger charge is -2.21. The molecule has 7 nitrogen and oxygen atoms in total. The van der Waals surface area contributed by atoms with Gasteiger partial charge in [-0.15, -0.1) is 0 Å². The molecule has 0 aliphatic carbocycles. The fourth-order valence-corrected chi connectivity index (χ4v) is 1.53. The first-order valence-electron chi connectivity index (χ1n) is 6.14. The van der Waals surface area contributed by atoms with E-state index in [-0.39, 0.29) is 5.97 Å². The molecule has 0 aromatic rings. The minimum Gasteiger partial charge on any atom is -0.469 e. The van der Waals surface area contributed by atoms with Gasteiger partial charge >= 0.3 is 5.97 Å². The van der Waals surface area contributed by atoms with Crippen molar-refractivity contribution in [2.75, 3.05) is 40.0 Å². The highest BCUT2D eigenvalue weighted by Gasteiger charge is 2.08. The topological polar surface area (TPSA) is 82.1 Å². The van der Waals surface area contributed by atoms with Gasteiger partial charge in [-0.1, -0.05) is 0 Å². The van der Waals surface area contributed by atoms with E-state index in [1.54, 1.807) is 0 Å². The van der Waals surface area contributed by atoms with Gasteiger partial charge < -0.3 is 19.1 Å².